The lowest BCUT2D eigenvalue weighted by molar-refractivity contribution is 0.467. The zero-order valence-electron chi connectivity index (χ0n) is 17.6. The first kappa shape index (κ1) is 20.9. The predicted octanol–water partition coefficient (Wildman–Crippen LogP) is 2.97. The highest BCUT2D eigenvalue weighted by Crippen LogP contribution is 2.20. The Morgan fingerprint density at radius 3 is 3.10 bits per heavy atom. The third kappa shape index (κ3) is 5.62. The minimum absolute atomic E-state index is 0.204. The highest BCUT2D eigenvalue weighted by molar-refractivity contribution is 5.80. The molecule has 3 N–H and O–H groups in total. The van der Waals surface area contributed by atoms with Crippen LogP contribution in [0, 0.1) is 5.82 Å². The van der Waals surface area contributed by atoms with Crippen molar-refractivity contribution in [1.29, 1.82) is 0 Å². The molecule has 3 heterocycles. The molecule has 31 heavy (non-hydrogen) atoms. The van der Waals surface area contributed by atoms with E-state index in [9.17, 15) is 4.39 Å². The number of aromatic nitrogens is 3. The molecule has 2 aromatic heterocycles. The van der Waals surface area contributed by atoms with Gasteiger partial charge < -0.3 is 20.0 Å². The van der Waals surface area contributed by atoms with Gasteiger partial charge in [0.2, 0.25) is 5.82 Å². The average molecular weight is 426 g/mol. The van der Waals surface area contributed by atoms with Crippen molar-refractivity contribution in [3.05, 3.63) is 54.3 Å². The van der Waals surface area contributed by atoms with E-state index < -0.39 is 0 Å². The van der Waals surface area contributed by atoms with Crippen LogP contribution < -0.4 is 15.5 Å². The van der Waals surface area contributed by atoms with Crippen molar-refractivity contribution in [1.82, 2.24) is 25.8 Å². The van der Waals surface area contributed by atoms with Crippen LogP contribution in [-0.2, 0) is 6.42 Å². The molecule has 1 atom stereocenters. The van der Waals surface area contributed by atoms with Gasteiger partial charge in [0.05, 0.1) is 6.26 Å². The van der Waals surface area contributed by atoms with Gasteiger partial charge in [-0.15, -0.1) is 0 Å². The largest absolute Gasteiger partial charge is 0.461 e. The van der Waals surface area contributed by atoms with E-state index in [2.05, 4.69) is 30.7 Å². The zero-order valence-corrected chi connectivity index (χ0v) is 17.6. The van der Waals surface area contributed by atoms with Gasteiger partial charge in [-0.05, 0) is 50.1 Å². The van der Waals surface area contributed by atoms with E-state index in [0.717, 1.165) is 49.9 Å². The molecule has 4 rings (SSSR count). The van der Waals surface area contributed by atoms with Gasteiger partial charge >= 0.3 is 0 Å². The van der Waals surface area contributed by atoms with Gasteiger partial charge in [0, 0.05) is 44.3 Å². The summed E-state index contributed by atoms with van der Waals surface area (Å²) in [5.41, 5.74) is 0.922. The van der Waals surface area contributed by atoms with E-state index in [1.54, 1.807) is 18.4 Å². The monoisotopic (exact) mass is 425 g/mol. The van der Waals surface area contributed by atoms with Crippen molar-refractivity contribution in [2.75, 3.05) is 31.1 Å². The molecule has 0 aliphatic carbocycles. The summed E-state index contributed by atoms with van der Waals surface area (Å²) in [6.07, 6.45) is 4.33. The van der Waals surface area contributed by atoms with Crippen molar-refractivity contribution in [3.63, 3.8) is 0 Å². The van der Waals surface area contributed by atoms with Crippen LogP contribution in [0.15, 0.2) is 52.1 Å². The Labute approximate surface area is 181 Å². The lowest BCUT2D eigenvalue weighted by Gasteiger charge is -2.35. The number of H-pyrrole nitrogens is 1. The molecule has 0 bridgehead atoms. The molecule has 3 aromatic rings. The quantitative estimate of drug-likeness (QED) is 0.398. The fraction of sp³-hybridized carbons (Fsp3) is 0.409. The number of aliphatic imine (C=N–C) groups is 1. The van der Waals surface area contributed by atoms with Crippen LogP contribution in [-0.4, -0.2) is 53.4 Å². The Balaban J connectivity index is 1.33. The summed E-state index contributed by atoms with van der Waals surface area (Å²) in [6.45, 7) is 5.13. The fourth-order valence-electron chi connectivity index (χ4n) is 3.71. The number of aromatic amines is 1. The third-order valence-corrected chi connectivity index (χ3v) is 5.17. The van der Waals surface area contributed by atoms with Crippen LogP contribution in [0.5, 0.6) is 0 Å². The maximum Gasteiger partial charge on any atom is 0.216 e. The van der Waals surface area contributed by atoms with Crippen molar-refractivity contribution < 1.29 is 8.81 Å². The standard InChI is InChI=1S/C22H28FN7O/c1-2-24-22(25-11-10-20-27-21(29-28-20)19-9-5-13-31-19)26-17-7-4-12-30(15-17)18-8-3-6-16(23)14-18/h3,5-6,8-9,13-14,17H,2,4,7,10-12,15H2,1H3,(H2,24,25,26)(H,27,28,29). The first-order valence-corrected chi connectivity index (χ1v) is 10.7. The van der Waals surface area contributed by atoms with Gasteiger partial charge in [0.15, 0.2) is 11.7 Å². The molecule has 0 spiro atoms. The van der Waals surface area contributed by atoms with E-state index in [-0.39, 0.29) is 11.9 Å². The number of benzene rings is 1. The second-order valence-corrected chi connectivity index (χ2v) is 7.50. The van der Waals surface area contributed by atoms with Crippen molar-refractivity contribution >= 4 is 11.6 Å². The second-order valence-electron chi connectivity index (χ2n) is 7.50. The first-order chi connectivity index (χ1) is 15.2. The Morgan fingerprint density at radius 1 is 1.35 bits per heavy atom. The molecule has 1 unspecified atom stereocenters. The smallest absolute Gasteiger partial charge is 0.216 e. The molecule has 9 heteroatoms. The molecule has 1 fully saturated rings. The maximum atomic E-state index is 13.6. The Kier molecular flexibility index (Phi) is 6.81. The molecule has 0 amide bonds. The SMILES string of the molecule is CCNC(=NCCc1nc(-c2ccco2)n[nH]1)NC1CCCN(c2cccc(F)c2)C1. The van der Waals surface area contributed by atoms with Gasteiger partial charge in [0.1, 0.15) is 11.6 Å². The maximum absolute atomic E-state index is 13.6. The summed E-state index contributed by atoms with van der Waals surface area (Å²) in [4.78, 5) is 11.4. The average Bonchev–Trinajstić information content (AvgIpc) is 3.46. The number of nitrogens with one attached hydrogen (secondary N) is 3. The molecule has 1 aromatic carbocycles. The summed E-state index contributed by atoms with van der Waals surface area (Å²) >= 11 is 0. The third-order valence-electron chi connectivity index (χ3n) is 5.17. The topological polar surface area (TPSA) is 94.4 Å². The highest BCUT2D eigenvalue weighted by Gasteiger charge is 2.21. The Morgan fingerprint density at radius 2 is 2.29 bits per heavy atom. The highest BCUT2D eigenvalue weighted by atomic mass is 19.1. The number of anilines is 1. The number of halogens is 1. The Hall–Kier alpha value is -3.36. The van der Waals surface area contributed by atoms with Gasteiger partial charge in [-0.3, -0.25) is 10.1 Å². The van der Waals surface area contributed by atoms with Crippen LogP contribution in [0.25, 0.3) is 11.6 Å². The summed E-state index contributed by atoms with van der Waals surface area (Å²) in [5.74, 6) is 2.53. The van der Waals surface area contributed by atoms with Crippen molar-refractivity contribution in [3.8, 4) is 11.6 Å². The van der Waals surface area contributed by atoms with Crippen LogP contribution in [0.4, 0.5) is 10.1 Å². The van der Waals surface area contributed by atoms with E-state index >= 15 is 0 Å². The Bertz CT molecular complexity index is 985. The molecule has 1 aliphatic heterocycles. The molecular weight excluding hydrogens is 397 g/mol. The fourth-order valence-corrected chi connectivity index (χ4v) is 3.71. The zero-order chi connectivity index (χ0) is 21.5. The molecule has 8 nitrogen and oxygen atoms in total. The van der Waals surface area contributed by atoms with E-state index in [1.807, 2.05) is 25.1 Å². The van der Waals surface area contributed by atoms with E-state index in [4.69, 9.17) is 9.41 Å². The number of hydrogen-bond donors (Lipinski definition) is 3. The minimum atomic E-state index is -0.204. The number of piperidine rings is 1. The summed E-state index contributed by atoms with van der Waals surface area (Å²) in [6, 6.07) is 10.7. The second kappa shape index (κ2) is 10.1. The molecular formula is C22H28FN7O. The lowest BCUT2D eigenvalue weighted by atomic mass is 10.0. The molecule has 1 saturated heterocycles. The number of nitrogens with zero attached hydrogens (tertiary/aromatic N) is 4. The first-order valence-electron chi connectivity index (χ1n) is 10.7. The van der Waals surface area contributed by atoms with E-state index in [1.165, 1.54) is 6.07 Å². The molecule has 164 valence electrons. The molecule has 0 saturated carbocycles. The van der Waals surface area contributed by atoms with E-state index in [0.29, 0.717) is 24.6 Å². The van der Waals surface area contributed by atoms with Gasteiger partial charge in [-0.2, -0.15) is 5.10 Å². The number of guanidine groups is 1. The summed E-state index contributed by atoms with van der Waals surface area (Å²) in [5, 5.41) is 14.0. The summed E-state index contributed by atoms with van der Waals surface area (Å²) < 4.78 is 18.9. The van der Waals surface area contributed by atoms with Crippen LogP contribution in [0.3, 0.4) is 0 Å². The molecule has 0 radical (unpaired) electrons. The van der Waals surface area contributed by atoms with Gasteiger partial charge in [-0.25, -0.2) is 9.37 Å². The van der Waals surface area contributed by atoms with Gasteiger partial charge in [0.25, 0.3) is 0 Å². The number of furan rings is 1. The van der Waals surface area contributed by atoms with Gasteiger partial charge in [-0.1, -0.05) is 6.07 Å². The normalized spacial score (nSPS) is 17.0. The lowest BCUT2D eigenvalue weighted by Crippen LogP contribution is -2.51. The number of hydrogen-bond acceptors (Lipinski definition) is 5. The van der Waals surface area contributed by atoms with Crippen LogP contribution in [0.2, 0.25) is 0 Å². The van der Waals surface area contributed by atoms with Crippen molar-refractivity contribution in [2.24, 2.45) is 4.99 Å². The molecule has 1 aliphatic rings. The van der Waals surface area contributed by atoms with Crippen LogP contribution >= 0.6 is 0 Å². The van der Waals surface area contributed by atoms with Crippen LogP contribution in [0.1, 0.15) is 25.6 Å². The van der Waals surface area contributed by atoms with Crippen molar-refractivity contribution in [2.45, 2.75) is 32.2 Å². The predicted molar refractivity (Wildman–Crippen MR) is 119 cm³/mol. The minimum Gasteiger partial charge on any atom is -0.461 e. The summed E-state index contributed by atoms with van der Waals surface area (Å²) in [7, 11) is 0. The number of rotatable bonds is 7.